The monoisotopic (exact) mass is 428 g/mol. The van der Waals surface area contributed by atoms with E-state index in [1.54, 1.807) is 30.2 Å². The number of sulfonamides is 1. The Morgan fingerprint density at radius 1 is 1.40 bits per heavy atom. The molecule has 1 aromatic heterocycles. The number of benzene rings is 1. The molecule has 158 valence electrons. The van der Waals surface area contributed by atoms with Gasteiger partial charge in [-0.3, -0.25) is 0 Å². The van der Waals surface area contributed by atoms with Crippen LogP contribution in [0.3, 0.4) is 0 Å². The SMILES string of the molecule is C=CCN(C)c1nc(Nc2ccc(S(=O)(=O)NCC3CCCO3)cc2)ncc1C#N. The third-order valence-electron chi connectivity index (χ3n) is 4.60. The molecule has 9 nitrogen and oxygen atoms in total. The third kappa shape index (κ3) is 5.33. The Balaban J connectivity index is 1.70. The smallest absolute Gasteiger partial charge is 0.240 e. The molecule has 0 aliphatic carbocycles. The van der Waals surface area contributed by atoms with Gasteiger partial charge in [0.2, 0.25) is 16.0 Å². The van der Waals surface area contributed by atoms with Crippen LogP contribution in [0.25, 0.3) is 0 Å². The molecule has 1 aliphatic heterocycles. The number of nitriles is 1. The van der Waals surface area contributed by atoms with Crippen molar-refractivity contribution in [3.05, 3.63) is 48.7 Å². The molecule has 0 radical (unpaired) electrons. The number of nitrogens with zero attached hydrogens (tertiary/aromatic N) is 4. The second kappa shape index (κ2) is 9.67. The van der Waals surface area contributed by atoms with Crippen molar-refractivity contribution in [3.8, 4) is 6.07 Å². The molecule has 2 heterocycles. The first-order valence-electron chi connectivity index (χ1n) is 9.50. The fraction of sp³-hybridized carbons (Fsp3) is 0.350. The maximum atomic E-state index is 12.5. The highest BCUT2D eigenvalue weighted by Crippen LogP contribution is 2.21. The lowest BCUT2D eigenvalue weighted by atomic mass is 10.2. The Hall–Kier alpha value is -3.00. The highest BCUT2D eigenvalue weighted by atomic mass is 32.2. The quantitative estimate of drug-likeness (QED) is 0.583. The zero-order valence-corrected chi connectivity index (χ0v) is 17.5. The number of anilines is 3. The molecule has 1 aromatic carbocycles. The van der Waals surface area contributed by atoms with Crippen molar-refractivity contribution in [2.75, 3.05) is 37.0 Å². The Labute approximate surface area is 176 Å². The summed E-state index contributed by atoms with van der Waals surface area (Å²) in [4.78, 5) is 10.5. The first-order valence-corrected chi connectivity index (χ1v) is 11.0. The zero-order valence-electron chi connectivity index (χ0n) is 16.7. The van der Waals surface area contributed by atoms with Gasteiger partial charge in [-0.1, -0.05) is 6.08 Å². The molecule has 2 aromatic rings. The van der Waals surface area contributed by atoms with E-state index in [1.165, 1.54) is 18.3 Å². The van der Waals surface area contributed by atoms with Crippen LogP contribution < -0.4 is 14.9 Å². The fourth-order valence-electron chi connectivity index (χ4n) is 3.02. The lowest BCUT2D eigenvalue weighted by Crippen LogP contribution is -2.31. The number of likely N-dealkylation sites (N-methyl/N-ethyl adjacent to an activating group) is 1. The number of aromatic nitrogens is 2. The summed E-state index contributed by atoms with van der Waals surface area (Å²) in [6.45, 7) is 5.16. The Bertz CT molecular complexity index is 1030. The van der Waals surface area contributed by atoms with Gasteiger partial charge in [-0.15, -0.1) is 6.58 Å². The average molecular weight is 429 g/mol. The van der Waals surface area contributed by atoms with E-state index >= 15 is 0 Å². The van der Waals surface area contributed by atoms with Crippen LogP contribution in [-0.2, 0) is 14.8 Å². The van der Waals surface area contributed by atoms with Crippen molar-refractivity contribution in [1.29, 1.82) is 5.26 Å². The minimum absolute atomic E-state index is 0.0670. The third-order valence-corrected chi connectivity index (χ3v) is 6.04. The van der Waals surface area contributed by atoms with E-state index in [1.807, 2.05) is 0 Å². The van der Waals surface area contributed by atoms with Gasteiger partial charge in [0.25, 0.3) is 0 Å². The van der Waals surface area contributed by atoms with E-state index in [-0.39, 0.29) is 17.5 Å². The molecule has 10 heteroatoms. The summed E-state index contributed by atoms with van der Waals surface area (Å²) in [5, 5.41) is 12.3. The van der Waals surface area contributed by atoms with Gasteiger partial charge in [0.15, 0.2) is 5.82 Å². The fourth-order valence-corrected chi connectivity index (χ4v) is 4.09. The predicted octanol–water partition coefficient (Wildman–Crippen LogP) is 2.17. The zero-order chi connectivity index (χ0) is 21.6. The number of hydrogen-bond acceptors (Lipinski definition) is 8. The molecular formula is C20H24N6O3S. The second-order valence-corrected chi connectivity index (χ2v) is 8.62. The lowest BCUT2D eigenvalue weighted by Gasteiger charge is -2.18. The van der Waals surface area contributed by atoms with Gasteiger partial charge in [-0.2, -0.15) is 10.2 Å². The predicted molar refractivity (Wildman–Crippen MR) is 114 cm³/mol. The van der Waals surface area contributed by atoms with Crippen molar-refractivity contribution in [3.63, 3.8) is 0 Å². The summed E-state index contributed by atoms with van der Waals surface area (Å²) in [7, 11) is -1.81. The van der Waals surface area contributed by atoms with E-state index in [0.717, 1.165) is 12.8 Å². The van der Waals surface area contributed by atoms with Gasteiger partial charge >= 0.3 is 0 Å². The average Bonchev–Trinajstić information content (AvgIpc) is 3.27. The molecule has 0 bridgehead atoms. The summed E-state index contributed by atoms with van der Waals surface area (Å²) in [6, 6.07) is 8.36. The molecule has 2 N–H and O–H groups in total. The summed E-state index contributed by atoms with van der Waals surface area (Å²) in [5.74, 6) is 0.777. The summed E-state index contributed by atoms with van der Waals surface area (Å²) in [5.41, 5.74) is 0.971. The van der Waals surface area contributed by atoms with Crippen LogP contribution in [0.1, 0.15) is 18.4 Å². The molecule has 1 fully saturated rings. The minimum atomic E-state index is -3.61. The van der Waals surface area contributed by atoms with Crippen LogP contribution in [0.4, 0.5) is 17.5 Å². The largest absolute Gasteiger partial charge is 0.377 e. The summed E-state index contributed by atoms with van der Waals surface area (Å²) in [6.07, 6.45) is 4.90. The molecule has 0 amide bonds. The van der Waals surface area contributed by atoms with Crippen LogP contribution in [0, 0.1) is 11.3 Å². The number of ether oxygens (including phenoxy) is 1. The normalized spacial score (nSPS) is 16.1. The van der Waals surface area contributed by atoms with E-state index in [2.05, 4.69) is 32.7 Å². The van der Waals surface area contributed by atoms with Crippen molar-refractivity contribution in [1.82, 2.24) is 14.7 Å². The highest BCUT2D eigenvalue weighted by molar-refractivity contribution is 7.89. The van der Waals surface area contributed by atoms with Crippen LogP contribution in [0.15, 0.2) is 48.0 Å². The van der Waals surface area contributed by atoms with E-state index in [9.17, 15) is 13.7 Å². The van der Waals surface area contributed by atoms with Crippen LogP contribution in [0.2, 0.25) is 0 Å². The van der Waals surface area contributed by atoms with Crippen molar-refractivity contribution in [2.45, 2.75) is 23.8 Å². The first-order chi connectivity index (χ1) is 14.4. The van der Waals surface area contributed by atoms with Crippen molar-refractivity contribution in [2.24, 2.45) is 0 Å². The molecule has 3 rings (SSSR count). The lowest BCUT2D eigenvalue weighted by molar-refractivity contribution is 0.114. The van der Waals surface area contributed by atoms with Crippen molar-refractivity contribution < 1.29 is 13.2 Å². The molecule has 0 saturated carbocycles. The molecule has 1 atom stereocenters. The van der Waals surface area contributed by atoms with Gasteiger partial charge in [-0.25, -0.2) is 18.1 Å². The Kier molecular flexibility index (Phi) is 6.99. The number of nitrogens with one attached hydrogen (secondary N) is 2. The minimum Gasteiger partial charge on any atom is -0.377 e. The van der Waals surface area contributed by atoms with Gasteiger partial charge in [-0.05, 0) is 37.1 Å². The second-order valence-electron chi connectivity index (χ2n) is 6.85. The first kappa shape index (κ1) is 21.7. The maximum Gasteiger partial charge on any atom is 0.240 e. The number of rotatable bonds is 9. The van der Waals surface area contributed by atoms with Gasteiger partial charge in [0.05, 0.1) is 17.2 Å². The summed E-state index contributed by atoms with van der Waals surface area (Å²) < 4.78 is 32.9. The molecule has 30 heavy (non-hydrogen) atoms. The molecule has 1 saturated heterocycles. The maximum absolute atomic E-state index is 12.5. The molecule has 0 spiro atoms. The van der Waals surface area contributed by atoms with E-state index < -0.39 is 10.0 Å². The van der Waals surface area contributed by atoms with Crippen molar-refractivity contribution >= 4 is 27.5 Å². The van der Waals surface area contributed by atoms with Gasteiger partial charge in [0, 0.05) is 32.4 Å². The van der Waals surface area contributed by atoms with Crippen LogP contribution >= 0.6 is 0 Å². The van der Waals surface area contributed by atoms with Gasteiger partial charge < -0.3 is 15.0 Å². The Morgan fingerprint density at radius 2 is 2.17 bits per heavy atom. The van der Waals surface area contributed by atoms with E-state index in [4.69, 9.17) is 4.74 Å². The van der Waals surface area contributed by atoms with E-state index in [0.29, 0.717) is 36.2 Å². The molecule has 1 unspecified atom stereocenters. The van der Waals surface area contributed by atoms with Gasteiger partial charge in [0.1, 0.15) is 11.6 Å². The highest BCUT2D eigenvalue weighted by Gasteiger charge is 2.20. The number of hydrogen-bond donors (Lipinski definition) is 2. The topological polar surface area (TPSA) is 120 Å². The molecular weight excluding hydrogens is 404 g/mol. The van der Waals surface area contributed by atoms with Crippen LogP contribution in [-0.4, -0.2) is 51.2 Å². The Morgan fingerprint density at radius 3 is 2.80 bits per heavy atom. The summed E-state index contributed by atoms with van der Waals surface area (Å²) >= 11 is 0. The van der Waals surface area contributed by atoms with Crippen LogP contribution in [0.5, 0.6) is 0 Å². The standard InChI is InChI=1S/C20H24N6O3S/c1-3-10-26(2)19-15(12-21)13-22-20(25-19)24-16-6-8-18(9-7-16)30(27,28)23-14-17-5-4-11-29-17/h3,6-9,13,17,23H,1,4-5,10-11,14H2,2H3,(H,22,24,25). The molecule has 1 aliphatic rings.